The molecule has 1 aromatic heterocycles. The van der Waals surface area contributed by atoms with Gasteiger partial charge in [-0.25, -0.2) is 10.4 Å². The fourth-order valence-corrected chi connectivity index (χ4v) is 2.81. The first kappa shape index (κ1) is 16.3. The molecule has 2 rings (SSSR count). The maximum Gasteiger partial charge on any atom is 0.291 e. The molecular weight excluding hydrogens is 335 g/mol. The normalized spacial score (nSPS) is 16.3. The number of halogens is 3. The highest BCUT2D eigenvalue weighted by molar-refractivity contribution is 6.46. The molecule has 114 valence electrons. The lowest BCUT2D eigenvalue weighted by Gasteiger charge is -2.16. The third-order valence-corrected chi connectivity index (χ3v) is 4.52. The van der Waals surface area contributed by atoms with Crippen molar-refractivity contribution in [3.63, 3.8) is 0 Å². The monoisotopic (exact) mass is 348 g/mol. The van der Waals surface area contributed by atoms with Crippen LogP contribution in [0.25, 0.3) is 0 Å². The number of hydrogen-bond donors (Lipinski definition) is 2. The highest BCUT2D eigenvalue weighted by Crippen LogP contribution is 2.34. The van der Waals surface area contributed by atoms with E-state index in [9.17, 15) is 4.79 Å². The highest BCUT2D eigenvalue weighted by Gasteiger charge is 2.19. The van der Waals surface area contributed by atoms with Crippen LogP contribution in [-0.4, -0.2) is 17.1 Å². The average molecular weight is 350 g/mol. The lowest BCUT2D eigenvalue weighted by atomic mass is 9.90. The zero-order chi connectivity index (χ0) is 15.4. The Balaban J connectivity index is 2.05. The van der Waals surface area contributed by atoms with E-state index in [1.807, 2.05) is 0 Å². The van der Waals surface area contributed by atoms with E-state index in [1.54, 1.807) is 6.21 Å². The molecular formula is C13H15Cl3N4O. The Kier molecular flexibility index (Phi) is 5.67. The Morgan fingerprint density at radius 1 is 1.24 bits per heavy atom. The number of nitrogens with one attached hydrogen (secondary N) is 1. The van der Waals surface area contributed by atoms with Gasteiger partial charge in [-0.1, -0.05) is 54.1 Å². The molecule has 1 heterocycles. The second-order valence-electron chi connectivity index (χ2n) is 4.91. The predicted molar refractivity (Wildman–Crippen MR) is 86.2 cm³/mol. The minimum absolute atomic E-state index is 0.0275. The summed E-state index contributed by atoms with van der Waals surface area (Å²) in [6.07, 6.45) is 7.60. The molecule has 3 N–H and O–H groups in total. The lowest BCUT2D eigenvalue weighted by molar-refractivity contribution is 0.0950. The number of carbonyl (C=O) groups is 1. The minimum atomic E-state index is -0.572. The van der Waals surface area contributed by atoms with Crippen LogP contribution >= 0.6 is 34.8 Å². The van der Waals surface area contributed by atoms with Crippen LogP contribution in [0.5, 0.6) is 0 Å². The van der Waals surface area contributed by atoms with Gasteiger partial charge in [-0.05, 0) is 18.8 Å². The van der Waals surface area contributed by atoms with Gasteiger partial charge >= 0.3 is 0 Å². The zero-order valence-electron chi connectivity index (χ0n) is 11.2. The Labute approximate surface area is 137 Å². The van der Waals surface area contributed by atoms with E-state index in [2.05, 4.69) is 15.5 Å². The average Bonchev–Trinajstić information content (AvgIpc) is 2.49. The first-order valence-corrected chi connectivity index (χ1v) is 7.77. The molecule has 0 saturated heterocycles. The molecule has 0 aromatic carbocycles. The molecule has 8 heteroatoms. The molecule has 0 unspecified atom stereocenters. The summed E-state index contributed by atoms with van der Waals surface area (Å²) in [5, 5.41) is 3.88. The fraction of sp³-hybridized carbons (Fsp3) is 0.462. The van der Waals surface area contributed by atoms with Gasteiger partial charge in [0, 0.05) is 6.21 Å². The lowest BCUT2D eigenvalue weighted by Crippen LogP contribution is -2.21. The molecule has 1 aromatic rings. The third kappa shape index (κ3) is 3.99. The number of amides is 1. The summed E-state index contributed by atoms with van der Waals surface area (Å²) in [6.45, 7) is 0. The van der Waals surface area contributed by atoms with Crippen molar-refractivity contribution in [2.75, 3.05) is 5.73 Å². The van der Waals surface area contributed by atoms with Crippen molar-refractivity contribution in [3.05, 3.63) is 20.9 Å². The van der Waals surface area contributed by atoms with Gasteiger partial charge in [0.2, 0.25) is 0 Å². The van der Waals surface area contributed by atoms with E-state index in [4.69, 9.17) is 40.5 Å². The summed E-state index contributed by atoms with van der Waals surface area (Å²) in [5.74, 6) is -0.168. The van der Waals surface area contributed by atoms with Gasteiger partial charge < -0.3 is 5.73 Å². The van der Waals surface area contributed by atoms with E-state index in [1.165, 1.54) is 19.3 Å². The van der Waals surface area contributed by atoms with E-state index < -0.39 is 5.91 Å². The van der Waals surface area contributed by atoms with Gasteiger partial charge in [0.15, 0.2) is 10.8 Å². The quantitative estimate of drug-likeness (QED) is 0.493. The van der Waals surface area contributed by atoms with Gasteiger partial charge in [0.05, 0.1) is 10.7 Å². The standard InChI is InChI=1S/C13H15Cl3N4O/c14-8-10(17)9(15)12(16)19-11(8)13(21)20-18-6-7-4-2-1-3-5-7/h6-7H,1-5H2,(H2,17,19)(H,20,21)/b18-6+. The highest BCUT2D eigenvalue weighted by atomic mass is 35.5. The third-order valence-electron chi connectivity index (χ3n) is 3.39. The molecule has 0 aliphatic heterocycles. The van der Waals surface area contributed by atoms with Crippen molar-refractivity contribution in [1.29, 1.82) is 0 Å². The topological polar surface area (TPSA) is 80.4 Å². The number of nitrogens with zero attached hydrogens (tertiary/aromatic N) is 2. The molecule has 1 amide bonds. The second-order valence-corrected chi connectivity index (χ2v) is 6.02. The maximum atomic E-state index is 12.0. The number of carbonyl (C=O) groups excluding carboxylic acids is 1. The smallest absolute Gasteiger partial charge is 0.291 e. The first-order valence-electron chi connectivity index (χ1n) is 6.64. The largest absolute Gasteiger partial charge is 0.396 e. The molecule has 21 heavy (non-hydrogen) atoms. The van der Waals surface area contributed by atoms with Crippen molar-refractivity contribution >= 4 is 52.6 Å². The second kappa shape index (κ2) is 7.29. The van der Waals surface area contributed by atoms with Crippen LogP contribution in [0.1, 0.15) is 42.6 Å². The summed E-state index contributed by atoms with van der Waals surface area (Å²) in [6, 6.07) is 0. The summed E-state index contributed by atoms with van der Waals surface area (Å²) in [5.41, 5.74) is 7.98. The van der Waals surface area contributed by atoms with Gasteiger partial charge in [0.25, 0.3) is 5.91 Å². The van der Waals surface area contributed by atoms with Crippen LogP contribution in [-0.2, 0) is 0 Å². The van der Waals surface area contributed by atoms with Crippen molar-refractivity contribution < 1.29 is 4.79 Å². The van der Waals surface area contributed by atoms with Crippen LogP contribution in [0.15, 0.2) is 5.10 Å². The number of hydrazone groups is 1. The van der Waals surface area contributed by atoms with E-state index in [0.29, 0.717) is 5.92 Å². The molecule has 0 atom stereocenters. The van der Waals surface area contributed by atoms with Crippen LogP contribution in [0.4, 0.5) is 5.69 Å². The SMILES string of the molecule is Nc1c(Cl)c(Cl)nc(C(=O)N/N=C/C2CCCCC2)c1Cl. The van der Waals surface area contributed by atoms with E-state index >= 15 is 0 Å². The van der Waals surface area contributed by atoms with E-state index in [0.717, 1.165) is 12.8 Å². The Bertz CT molecular complexity index is 571. The number of hydrogen-bond acceptors (Lipinski definition) is 4. The number of anilines is 1. The zero-order valence-corrected chi connectivity index (χ0v) is 13.5. The molecule has 0 spiro atoms. The van der Waals surface area contributed by atoms with Crippen LogP contribution in [0.3, 0.4) is 0 Å². The van der Waals surface area contributed by atoms with Gasteiger partial charge in [0.1, 0.15) is 5.02 Å². The molecule has 5 nitrogen and oxygen atoms in total. The van der Waals surface area contributed by atoms with Crippen LogP contribution in [0.2, 0.25) is 15.2 Å². The van der Waals surface area contributed by atoms with Gasteiger partial charge in [-0.2, -0.15) is 5.10 Å². The Hall–Kier alpha value is -1.04. The summed E-state index contributed by atoms with van der Waals surface area (Å²) in [7, 11) is 0. The van der Waals surface area contributed by atoms with Crippen molar-refractivity contribution in [3.8, 4) is 0 Å². The first-order chi connectivity index (χ1) is 10.0. The summed E-state index contributed by atoms with van der Waals surface area (Å²) < 4.78 is 0. The minimum Gasteiger partial charge on any atom is -0.396 e. The number of aromatic nitrogens is 1. The molecule has 1 aliphatic carbocycles. The number of nitrogen functional groups attached to an aromatic ring is 1. The summed E-state index contributed by atoms with van der Waals surface area (Å²) in [4.78, 5) is 15.8. The summed E-state index contributed by atoms with van der Waals surface area (Å²) >= 11 is 17.5. The fourth-order valence-electron chi connectivity index (χ4n) is 2.22. The molecule has 0 bridgehead atoms. The van der Waals surface area contributed by atoms with Gasteiger partial charge in [-0.3, -0.25) is 4.79 Å². The number of pyridine rings is 1. The predicted octanol–water partition coefficient (Wildman–Crippen LogP) is 3.92. The Morgan fingerprint density at radius 2 is 1.90 bits per heavy atom. The molecule has 1 fully saturated rings. The van der Waals surface area contributed by atoms with Crippen LogP contribution in [0, 0.1) is 5.92 Å². The van der Waals surface area contributed by atoms with Crippen LogP contribution < -0.4 is 11.2 Å². The van der Waals surface area contributed by atoms with Crippen molar-refractivity contribution in [2.24, 2.45) is 11.0 Å². The Morgan fingerprint density at radius 3 is 2.57 bits per heavy atom. The van der Waals surface area contributed by atoms with Gasteiger partial charge in [-0.15, -0.1) is 0 Å². The number of nitrogens with two attached hydrogens (primary N) is 1. The molecule has 0 radical (unpaired) electrons. The molecule has 1 aliphatic rings. The van der Waals surface area contributed by atoms with E-state index in [-0.39, 0.29) is 26.6 Å². The number of rotatable bonds is 3. The molecule has 1 saturated carbocycles. The maximum absolute atomic E-state index is 12.0. The van der Waals surface area contributed by atoms with Crippen molar-refractivity contribution in [2.45, 2.75) is 32.1 Å². The van der Waals surface area contributed by atoms with Crippen molar-refractivity contribution in [1.82, 2.24) is 10.4 Å².